The monoisotopic (exact) mass is 208 g/mol. The predicted molar refractivity (Wildman–Crippen MR) is 62.6 cm³/mol. The van der Waals surface area contributed by atoms with E-state index < -0.39 is 0 Å². The molecule has 0 amide bonds. The number of nitrogens with two attached hydrogens (primary N) is 1. The first-order chi connectivity index (χ1) is 7.27. The molecule has 1 heterocycles. The third-order valence-electron chi connectivity index (χ3n) is 5.30. The van der Waals surface area contributed by atoms with Gasteiger partial charge < -0.3 is 5.73 Å². The minimum atomic E-state index is 0.443. The highest BCUT2D eigenvalue weighted by Gasteiger charge is 2.58. The van der Waals surface area contributed by atoms with Gasteiger partial charge in [-0.2, -0.15) is 0 Å². The van der Waals surface area contributed by atoms with Crippen molar-refractivity contribution >= 4 is 0 Å². The molecule has 2 saturated carbocycles. The first-order valence-corrected chi connectivity index (χ1v) is 6.78. The number of fused-ring (bicyclic) bond motifs is 3. The number of nitrogens with zero attached hydrogens (tertiary/aromatic N) is 1. The SMILES string of the molecule is CCCN1CCC(N)C12CC1CCC2C1. The van der Waals surface area contributed by atoms with Crippen LogP contribution in [0.1, 0.15) is 45.4 Å². The van der Waals surface area contributed by atoms with E-state index in [0.717, 1.165) is 11.8 Å². The molecule has 2 nitrogen and oxygen atoms in total. The zero-order valence-corrected chi connectivity index (χ0v) is 9.91. The minimum Gasteiger partial charge on any atom is -0.326 e. The van der Waals surface area contributed by atoms with Gasteiger partial charge in [0.1, 0.15) is 0 Å². The molecule has 2 bridgehead atoms. The molecule has 0 aromatic carbocycles. The number of rotatable bonds is 2. The lowest BCUT2D eigenvalue weighted by Gasteiger charge is -2.45. The van der Waals surface area contributed by atoms with Crippen molar-refractivity contribution in [3.05, 3.63) is 0 Å². The van der Waals surface area contributed by atoms with Gasteiger partial charge in [-0.05, 0) is 50.5 Å². The maximum absolute atomic E-state index is 6.44. The van der Waals surface area contributed by atoms with Crippen molar-refractivity contribution in [3.8, 4) is 0 Å². The van der Waals surface area contributed by atoms with E-state index in [1.807, 2.05) is 0 Å². The van der Waals surface area contributed by atoms with Crippen LogP contribution < -0.4 is 5.73 Å². The van der Waals surface area contributed by atoms with Gasteiger partial charge in [0.25, 0.3) is 0 Å². The Balaban J connectivity index is 1.87. The Morgan fingerprint density at radius 2 is 2.20 bits per heavy atom. The molecule has 3 rings (SSSR count). The highest BCUT2D eigenvalue weighted by atomic mass is 15.3. The molecule has 15 heavy (non-hydrogen) atoms. The second-order valence-electron chi connectivity index (χ2n) is 5.95. The summed E-state index contributed by atoms with van der Waals surface area (Å²) < 4.78 is 0. The van der Waals surface area contributed by atoms with Crippen LogP contribution in [0.3, 0.4) is 0 Å². The summed E-state index contributed by atoms with van der Waals surface area (Å²) in [5.74, 6) is 1.95. The molecule has 3 fully saturated rings. The third-order valence-corrected chi connectivity index (χ3v) is 5.30. The zero-order chi connectivity index (χ0) is 10.5. The van der Waals surface area contributed by atoms with Crippen molar-refractivity contribution in [3.63, 3.8) is 0 Å². The largest absolute Gasteiger partial charge is 0.326 e. The highest BCUT2D eigenvalue weighted by molar-refractivity contribution is 5.15. The van der Waals surface area contributed by atoms with Gasteiger partial charge in [-0.15, -0.1) is 0 Å². The topological polar surface area (TPSA) is 29.3 Å². The summed E-state index contributed by atoms with van der Waals surface area (Å²) in [7, 11) is 0. The number of hydrogen-bond donors (Lipinski definition) is 1. The lowest BCUT2D eigenvalue weighted by molar-refractivity contribution is 0.0641. The third kappa shape index (κ3) is 1.24. The van der Waals surface area contributed by atoms with Gasteiger partial charge in [-0.1, -0.05) is 13.3 Å². The van der Waals surface area contributed by atoms with Crippen molar-refractivity contribution < 1.29 is 0 Å². The Kier molecular flexibility index (Phi) is 2.33. The maximum Gasteiger partial charge on any atom is 0.0391 e. The lowest BCUT2D eigenvalue weighted by atomic mass is 9.76. The van der Waals surface area contributed by atoms with Crippen molar-refractivity contribution in [2.45, 2.75) is 57.0 Å². The Morgan fingerprint density at radius 1 is 1.33 bits per heavy atom. The van der Waals surface area contributed by atoms with Crippen LogP contribution in [0.5, 0.6) is 0 Å². The van der Waals surface area contributed by atoms with E-state index in [0.29, 0.717) is 11.6 Å². The molecule has 4 unspecified atom stereocenters. The van der Waals surface area contributed by atoms with Crippen molar-refractivity contribution in [1.82, 2.24) is 4.90 Å². The van der Waals surface area contributed by atoms with Gasteiger partial charge in [0, 0.05) is 18.1 Å². The second-order valence-corrected chi connectivity index (χ2v) is 5.95. The van der Waals surface area contributed by atoms with E-state index >= 15 is 0 Å². The summed E-state index contributed by atoms with van der Waals surface area (Å²) >= 11 is 0. The Hall–Kier alpha value is -0.0800. The number of likely N-dealkylation sites (tertiary alicyclic amines) is 1. The summed E-state index contributed by atoms with van der Waals surface area (Å²) in [6, 6.07) is 0.472. The van der Waals surface area contributed by atoms with Crippen LogP contribution >= 0.6 is 0 Å². The number of hydrogen-bond acceptors (Lipinski definition) is 2. The fraction of sp³-hybridized carbons (Fsp3) is 1.00. The molecule has 1 aliphatic heterocycles. The van der Waals surface area contributed by atoms with Crippen LogP contribution in [0.25, 0.3) is 0 Å². The standard InChI is InChI=1S/C13H24N2/c1-2-6-15-7-5-12(14)13(15)9-10-3-4-11(13)8-10/h10-12H,2-9,14H2,1H3. The van der Waals surface area contributed by atoms with Gasteiger partial charge >= 0.3 is 0 Å². The predicted octanol–water partition coefficient (Wildman–Crippen LogP) is 1.99. The maximum atomic E-state index is 6.44. The van der Waals surface area contributed by atoms with Crippen LogP contribution in [0.2, 0.25) is 0 Å². The molecule has 86 valence electrons. The molecule has 1 saturated heterocycles. The first-order valence-electron chi connectivity index (χ1n) is 6.78. The fourth-order valence-corrected chi connectivity index (χ4v) is 4.76. The van der Waals surface area contributed by atoms with Gasteiger partial charge in [0.05, 0.1) is 0 Å². The first kappa shape index (κ1) is 10.1. The second kappa shape index (κ2) is 3.46. The van der Waals surface area contributed by atoms with Gasteiger partial charge in [-0.25, -0.2) is 0 Å². The van der Waals surface area contributed by atoms with Crippen LogP contribution in [0, 0.1) is 11.8 Å². The molecular formula is C13H24N2. The molecule has 0 radical (unpaired) electrons. The van der Waals surface area contributed by atoms with E-state index in [4.69, 9.17) is 5.73 Å². The van der Waals surface area contributed by atoms with Crippen LogP contribution in [-0.2, 0) is 0 Å². The van der Waals surface area contributed by atoms with Crippen molar-refractivity contribution in [1.29, 1.82) is 0 Å². The van der Waals surface area contributed by atoms with Crippen LogP contribution in [0.15, 0.2) is 0 Å². The van der Waals surface area contributed by atoms with E-state index in [1.54, 1.807) is 0 Å². The van der Waals surface area contributed by atoms with Crippen LogP contribution in [-0.4, -0.2) is 29.6 Å². The Bertz CT molecular complexity index is 251. The minimum absolute atomic E-state index is 0.443. The van der Waals surface area contributed by atoms with E-state index in [2.05, 4.69) is 11.8 Å². The highest BCUT2D eigenvalue weighted by Crippen LogP contribution is 2.56. The Labute approximate surface area is 93.2 Å². The van der Waals surface area contributed by atoms with E-state index in [9.17, 15) is 0 Å². The van der Waals surface area contributed by atoms with Gasteiger partial charge in [0.15, 0.2) is 0 Å². The summed E-state index contributed by atoms with van der Waals surface area (Å²) in [5, 5.41) is 0. The molecular weight excluding hydrogens is 184 g/mol. The smallest absolute Gasteiger partial charge is 0.0391 e. The molecule has 0 aromatic rings. The fourth-order valence-electron chi connectivity index (χ4n) is 4.76. The molecule has 3 aliphatic rings. The van der Waals surface area contributed by atoms with Crippen molar-refractivity contribution in [2.75, 3.05) is 13.1 Å². The van der Waals surface area contributed by atoms with Crippen molar-refractivity contribution in [2.24, 2.45) is 17.6 Å². The molecule has 2 N–H and O–H groups in total. The average Bonchev–Trinajstić information content (AvgIpc) is 2.89. The van der Waals surface area contributed by atoms with E-state index in [-0.39, 0.29) is 0 Å². The van der Waals surface area contributed by atoms with Crippen LogP contribution in [0.4, 0.5) is 0 Å². The zero-order valence-electron chi connectivity index (χ0n) is 9.91. The van der Waals surface area contributed by atoms with E-state index in [1.165, 1.54) is 51.6 Å². The molecule has 4 atom stereocenters. The normalized spacial score (nSPS) is 49.6. The average molecular weight is 208 g/mol. The summed E-state index contributed by atoms with van der Waals surface area (Å²) in [6.45, 7) is 4.83. The summed E-state index contributed by atoms with van der Waals surface area (Å²) in [4.78, 5) is 2.75. The quantitative estimate of drug-likeness (QED) is 0.752. The molecule has 0 aromatic heterocycles. The Morgan fingerprint density at radius 3 is 2.80 bits per heavy atom. The summed E-state index contributed by atoms with van der Waals surface area (Å²) in [5.41, 5.74) is 6.88. The molecule has 2 aliphatic carbocycles. The lowest BCUT2D eigenvalue weighted by Crippen LogP contribution is -2.57. The molecule has 1 spiro atoms. The van der Waals surface area contributed by atoms with Gasteiger partial charge in [-0.3, -0.25) is 4.90 Å². The van der Waals surface area contributed by atoms with Gasteiger partial charge in [0.2, 0.25) is 0 Å². The molecule has 2 heteroatoms. The summed E-state index contributed by atoms with van der Waals surface area (Å²) in [6.07, 6.45) is 8.36.